The largest absolute Gasteiger partial charge is 0.336 e. The van der Waals surface area contributed by atoms with E-state index in [1.807, 2.05) is 55.1 Å². The van der Waals surface area contributed by atoms with Crippen LogP contribution in [0.5, 0.6) is 0 Å². The van der Waals surface area contributed by atoms with E-state index < -0.39 is 0 Å². The predicted molar refractivity (Wildman–Crippen MR) is 112 cm³/mol. The summed E-state index contributed by atoms with van der Waals surface area (Å²) in [6, 6.07) is 17.6. The number of nitrogens with zero attached hydrogens (tertiary/aromatic N) is 2. The number of benzene rings is 2. The van der Waals surface area contributed by atoms with Crippen molar-refractivity contribution in [2.75, 3.05) is 0 Å². The fourth-order valence-corrected chi connectivity index (χ4v) is 3.22. The molecule has 146 valence electrons. The summed E-state index contributed by atoms with van der Waals surface area (Å²) < 4.78 is 1.92. The van der Waals surface area contributed by atoms with E-state index in [9.17, 15) is 4.79 Å². The summed E-state index contributed by atoms with van der Waals surface area (Å²) in [5.74, 6) is 1.28. The fraction of sp³-hybridized carbons (Fsp3) is 0.304. The third kappa shape index (κ3) is 4.60. The first kappa shape index (κ1) is 19.7. The molecule has 3 aromatic rings. The van der Waals surface area contributed by atoms with Crippen molar-refractivity contribution >= 4 is 6.03 Å². The lowest BCUT2D eigenvalue weighted by Crippen LogP contribution is -2.40. The van der Waals surface area contributed by atoms with Crippen molar-refractivity contribution in [1.29, 1.82) is 0 Å². The number of aryl methyl sites for hydroxylation is 1. The Morgan fingerprint density at radius 2 is 1.54 bits per heavy atom. The normalized spacial score (nSPS) is 13.2. The van der Waals surface area contributed by atoms with Crippen molar-refractivity contribution in [2.45, 2.75) is 38.8 Å². The summed E-state index contributed by atoms with van der Waals surface area (Å²) in [5, 5.41) is 6.11. The van der Waals surface area contributed by atoms with E-state index in [0.717, 1.165) is 17.0 Å². The van der Waals surface area contributed by atoms with Gasteiger partial charge in [0.2, 0.25) is 0 Å². The maximum absolute atomic E-state index is 12.7. The first-order valence-corrected chi connectivity index (χ1v) is 9.64. The van der Waals surface area contributed by atoms with Gasteiger partial charge in [-0.1, -0.05) is 68.4 Å². The summed E-state index contributed by atoms with van der Waals surface area (Å²) in [5.41, 5.74) is 3.35. The van der Waals surface area contributed by atoms with E-state index in [0.29, 0.717) is 5.92 Å². The van der Waals surface area contributed by atoms with Gasteiger partial charge < -0.3 is 15.2 Å². The average Bonchev–Trinajstić information content (AvgIpc) is 3.12. The number of carbonyl (C=O) groups excluding carboxylic acids is 1. The second kappa shape index (κ2) is 8.74. The molecule has 0 bridgehead atoms. The van der Waals surface area contributed by atoms with Gasteiger partial charge in [-0.2, -0.15) is 0 Å². The highest BCUT2D eigenvalue weighted by Crippen LogP contribution is 2.21. The third-order valence-electron chi connectivity index (χ3n) is 4.98. The maximum atomic E-state index is 12.7. The molecule has 0 spiro atoms. The number of imidazole rings is 1. The summed E-state index contributed by atoms with van der Waals surface area (Å²) >= 11 is 0. The van der Waals surface area contributed by atoms with Gasteiger partial charge in [0, 0.05) is 19.4 Å². The quantitative estimate of drug-likeness (QED) is 0.655. The Kier molecular flexibility index (Phi) is 6.14. The van der Waals surface area contributed by atoms with Crippen LogP contribution in [0, 0.1) is 0 Å². The zero-order valence-corrected chi connectivity index (χ0v) is 16.9. The molecule has 0 radical (unpaired) electrons. The number of rotatable bonds is 6. The lowest BCUT2D eigenvalue weighted by molar-refractivity contribution is 0.235. The summed E-state index contributed by atoms with van der Waals surface area (Å²) in [6.07, 6.45) is 3.62. The minimum atomic E-state index is -0.322. The van der Waals surface area contributed by atoms with Crippen LogP contribution in [0.3, 0.4) is 0 Å². The van der Waals surface area contributed by atoms with Gasteiger partial charge in [-0.3, -0.25) is 0 Å². The first-order valence-electron chi connectivity index (χ1n) is 9.64. The molecule has 5 heteroatoms. The number of urea groups is 1. The Morgan fingerprint density at radius 1 is 0.893 bits per heavy atom. The molecule has 0 saturated heterocycles. The minimum Gasteiger partial charge on any atom is -0.336 e. The number of amides is 2. The topological polar surface area (TPSA) is 59.0 Å². The maximum Gasteiger partial charge on any atom is 0.316 e. The molecular formula is C23H28N4O. The number of aromatic nitrogens is 2. The second-order valence-corrected chi connectivity index (χ2v) is 7.40. The van der Waals surface area contributed by atoms with Crippen LogP contribution in [0.4, 0.5) is 4.79 Å². The van der Waals surface area contributed by atoms with Crippen LogP contribution in [0.1, 0.15) is 61.3 Å². The molecule has 0 saturated carbocycles. The van der Waals surface area contributed by atoms with Gasteiger partial charge >= 0.3 is 6.03 Å². The molecule has 0 aliphatic heterocycles. The molecule has 0 aliphatic rings. The van der Waals surface area contributed by atoms with Crippen LogP contribution >= 0.6 is 0 Å². The van der Waals surface area contributed by atoms with Crippen molar-refractivity contribution in [3.05, 3.63) is 89.5 Å². The molecule has 5 nitrogen and oxygen atoms in total. The summed E-state index contributed by atoms with van der Waals surface area (Å²) in [6.45, 7) is 6.33. The van der Waals surface area contributed by atoms with Crippen molar-refractivity contribution in [2.24, 2.45) is 7.05 Å². The molecule has 2 amide bonds. The van der Waals surface area contributed by atoms with Crippen LogP contribution < -0.4 is 10.6 Å². The van der Waals surface area contributed by atoms with Gasteiger partial charge in [-0.05, 0) is 29.5 Å². The standard InChI is InChI=1S/C23H28N4O/c1-16(2)18-10-12-19(13-11-18)17(3)25-23(28)26-21(20-8-6-5-7-9-20)22-24-14-15-27(22)4/h5-17,21H,1-4H3,(H2,25,26,28)/t17-,21-/m0/s1. The monoisotopic (exact) mass is 376 g/mol. The molecule has 0 fully saturated rings. The zero-order valence-electron chi connectivity index (χ0n) is 16.9. The highest BCUT2D eigenvalue weighted by atomic mass is 16.2. The molecule has 28 heavy (non-hydrogen) atoms. The smallest absolute Gasteiger partial charge is 0.316 e. The van der Waals surface area contributed by atoms with Crippen molar-refractivity contribution in [3.63, 3.8) is 0 Å². The highest BCUT2D eigenvalue weighted by Gasteiger charge is 2.21. The Labute approximate surface area is 166 Å². The first-order chi connectivity index (χ1) is 13.5. The molecule has 1 heterocycles. The van der Waals surface area contributed by atoms with Crippen molar-refractivity contribution in [1.82, 2.24) is 20.2 Å². The van der Waals surface area contributed by atoms with Crippen molar-refractivity contribution in [3.8, 4) is 0 Å². The number of carbonyl (C=O) groups is 1. The zero-order chi connectivity index (χ0) is 20.1. The highest BCUT2D eigenvalue weighted by molar-refractivity contribution is 5.75. The van der Waals surface area contributed by atoms with Crippen LogP contribution in [0.2, 0.25) is 0 Å². The summed E-state index contributed by atoms with van der Waals surface area (Å²) in [7, 11) is 1.93. The van der Waals surface area contributed by atoms with E-state index in [2.05, 4.69) is 53.7 Å². The molecular weight excluding hydrogens is 348 g/mol. The second-order valence-electron chi connectivity index (χ2n) is 7.40. The Morgan fingerprint density at radius 3 is 2.11 bits per heavy atom. The Balaban J connectivity index is 1.72. The lowest BCUT2D eigenvalue weighted by atomic mass is 10.00. The van der Waals surface area contributed by atoms with E-state index in [1.54, 1.807) is 6.20 Å². The van der Waals surface area contributed by atoms with Gasteiger partial charge in [0.1, 0.15) is 11.9 Å². The molecule has 0 aliphatic carbocycles. The lowest BCUT2D eigenvalue weighted by Gasteiger charge is -2.22. The van der Waals surface area contributed by atoms with Crippen LogP contribution in [0.15, 0.2) is 67.0 Å². The van der Waals surface area contributed by atoms with E-state index >= 15 is 0 Å². The molecule has 2 aromatic carbocycles. The molecule has 3 rings (SSSR count). The molecule has 2 atom stereocenters. The van der Waals surface area contributed by atoms with Gasteiger partial charge in [0.15, 0.2) is 0 Å². The minimum absolute atomic E-state index is 0.0981. The predicted octanol–water partition coefficient (Wildman–Crippen LogP) is 4.69. The third-order valence-corrected chi connectivity index (χ3v) is 4.98. The Hall–Kier alpha value is -3.08. The van der Waals surface area contributed by atoms with Crippen LogP contribution in [-0.2, 0) is 7.05 Å². The van der Waals surface area contributed by atoms with Crippen molar-refractivity contribution < 1.29 is 4.79 Å². The van der Waals surface area contributed by atoms with Crippen LogP contribution in [0.25, 0.3) is 0 Å². The number of nitrogens with one attached hydrogen (secondary N) is 2. The number of hydrogen-bond donors (Lipinski definition) is 2. The molecule has 0 unspecified atom stereocenters. The fourth-order valence-electron chi connectivity index (χ4n) is 3.22. The Bertz CT molecular complexity index is 900. The van der Waals surface area contributed by atoms with Crippen LogP contribution in [-0.4, -0.2) is 15.6 Å². The van der Waals surface area contributed by atoms with Gasteiger partial charge in [0.25, 0.3) is 0 Å². The summed E-state index contributed by atoms with van der Waals surface area (Å²) in [4.78, 5) is 17.2. The molecule has 2 N–H and O–H groups in total. The molecule has 1 aromatic heterocycles. The van der Waals surface area contributed by atoms with E-state index in [-0.39, 0.29) is 18.1 Å². The SMILES string of the molecule is CC(C)c1ccc([C@H](C)NC(=O)N[C@@H](c2ccccc2)c2nccn2C)cc1. The van der Waals surface area contributed by atoms with Gasteiger partial charge in [-0.15, -0.1) is 0 Å². The van der Waals surface area contributed by atoms with Gasteiger partial charge in [-0.25, -0.2) is 9.78 Å². The average molecular weight is 377 g/mol. The van der Waals surface area contributed by atoms with E-state index in [1.165, 1.54) is 5.56 Å². The van der Waals surface area contributed by atoms with E-state index in [4.69, 9.17) is 0 Å². The van der Waals surface area contributed by atoms with Gasteiger partial charge in [0.05, 0.1) is 6.04 Å². The number of hydrogen-bond acceptors (Lipinski definition) is 2.